The number of rotatable bonds is 14. The minimum atomic E-state index is -0.305. The van der Waals surface area contributed by atoms with Crippen LogP contribution < -0.4 is 9.47 Å². The Kier molecular flexibility index (Phi) is 11.0. The molecule has 50 heavy (non-hydrogen) atoms. The summed E-state index contributed by atoms with van der Waals surface area (Å²) in [5, 5.41) is 1.20. The zero-order valence-corrected chi connectivity index (χ0v) is 29.1. The van der Waals surface area contributed by atoms with Crippen molar-refractivity contribution in [2.24, 2.45) is 0 Å². The molecule has 0 amide bonds. The molecule has 6 heteroatoms. The number of fused-ring (bicyclic) bond motifs is 1. The van der Waals surface area contributed by atoms with Crippen LogP contribution in [-0.4, -0.2) is 25.9 Å². The first kappa shape index (κ1) is 33.8. The Morgan fingerprint density at radius 2 is 1.36 bits per heavy atom. The molecule has 0 aliphatic carbocycles. The number of hydrogen-bond donors (Lipinski definition) is 0. The van der Waals surface area contributed by atoms with Crippen molar-refractivity contribution in [3.05, 3.63) is 173 Å². The lowest BCUT2D eigenvalue weighted by Gasteiger charge is -2.36. The minimum absolute atomic E-state index is 0.0439. The van der Waals surface area contributed by atoms with E-state index in [-0.39, 0.29) is 18.3 Å². The van der Waals surface area contributed by atoms with E-state index < -0.39 is 0 Å². The summed E-state index contributed by atoms with van der Waals surface area (Å²) in [6, 6.07) is 45.5. The van der Waals surface area contributed by atoms with Crippen LogP contribution in [0.3, 0.4) is 0 Å². The van der Waals surface area contributed by atoms with Gasteiger partial charge in [-0.15, -0.1) is 11.3 Å². The summed E-state index contributed by atoms with van der Waals surface area (Å²) in [5.74, 6) is 1.42. The third-order valence-electron chi connectivity index (χ3n) is 9.07. The van der Waals surface area contributed by atoms with Gasteiger partial charge in [0, 0.05) is 39.6 Å². The summed E-state index contributed by atoms with van der Waals surface area (Å²) in [7, 11) is 1.70. The number of methoxy groups -OCH3 is 1. The van der Waals surface area contributed by atoms with Crippen LogP contribution in [0, 0.1) is 0 Å². The molecule has 0 unspecified atom stereocenters. The van der Waals surface area contributed by atoms with Crippen molar-refractivity contribution in [3.63, 3.8) is 0 Å². The summed E-state index contributed by atoms with van der Waals surface area (Å²) in [4.78, 5) is 1.09. The van der Waals surface area contributed by atoms with E-state index in [0.717, 1.165) is 50.4 Å². The largest absolute Gasteiger partial charge is 0.496 e. The predicted octanol–water partition coefficient (Wildman–Crippen LogP) is 10.6. The van der Waals surface area contributed by atoms with Gasteiger partial charge >= 0.3 is 0 Å². The summed E-state index contributed by atoms with van der Waals surface area (Å²) < 4.78 is 33.5. The maximum absolute atomic E-state index is 6.89. The highest BCUT2D eigenvalue weighted by Crippen LogP contribution is 2.44. The molecule has 254 valence electrons. The molecule has 5 aromatic carbocycles. The maximum atomic E-state index is 6.89. The highest BCUT2D eigenvalue weighted by atomic mass is 32.1. The molecule has 6 aromatic rings. The van der Waals surface area contributed by atoms with Crippen molar-refractivity contribution in [1.29, 1.82) is 0 Å². The van der Waals surface area contributed by atoms with Gasteiger partial charge in [0.25, 0.3) is 0 Å². The Balaban J connectivity index is 1.21. The number of benzene rings is 5. The molecule has 2 heterocycles. The molecule has 7 rings (SSSR count). The molecule has 1 fully saturated rings. The molecule has 0 N–H and O–H groups in total. The highest BCUT2D eigenvalue weighted by Gasteiger charge is 2.34. The van der Waals surface area contributed by atoms with E-state index in [0.29, 0.717) is 38.6 Å². The molecule has 0 bridgehead atoms. The molecule has 1 saturated heterocycles. The van der Waals surface area contributed by atoms with Crippen LogP contribution in [-0.2, 0) is 34.0 Å². The number of ether oxygens (including phenoxy) is 5. The molecular formula is C44H42O5S. The van der Waals surface area contributed by atoms with Crippen LogP contribution in [0.2, 0.25) is 0 Å². The van der Waals surface area contributed by atoms with Gasteiger partial charge in [0.1, 0.15) is 18.1 Å². The lowest BCUT2D eigenvalue weighted by atomic mass is 9.92. The Morgan fingerprint density at radius 3 is 2.04 bits per heavy atom. The van der Waals surface area contributed by atoms with Crippen LogP contribution in [0.5, 0.6) is 11.5 Å². The van der Waals surface area contributed by atoms with Gasteiger partial charge in [-0.2, -0.15) is 0 Å². The average molecular weight is 683 g/mol. The Labute approximate surface area is 298 Å². The third-order valence-corrected chi connectivity index (χ3v) is 10.2. The van der Waals surface area contributed by atoms with E-state index >= 15 is 0 Å². The molecule has 0 radical (unpaired) electrons. The van der Waals surface area contributed by atoms with Crippen molar-refractivity contribution in [1.82, 2.24) is 0 Å². The number of hydrogen-bond acceptors (Lipinski definition) is 6. The Morgan fingerprint density at radius 1 is 0.720 bits per heavy atom. The van der Waals surface area contributed by atoms with Crippen LogP contribution >= 0.6 is 11.3 Å². The van der Waals surface area contributed by atoms with Gasteiger partial charge in [0.15, 0.2) is 0 Å². The van der Waals surface area contributed by atoms with Crippen molar-refractivity contribution >= 4 is 27.0 Å². The van der Waals surface area contributed by atoms with Crippen LogP contribution in [0.4, 0.5) is 0 Å². The van der Waals surface area contributed by atoms with Gasteiger partial charge in [0.2, 0.25) is 0 Å². The minimum Gasteiger partial charge on any atom is -0.496 e. The van der Waals surface area contributed by atoms with E-state index in [1.54, 1.807) is 18.4 Å². The molecule has 1 aromatic heterocycles. The molecule has 5 nitrogen and oxygen atoms in total. The molecule has 0 saturated carbocycles. The summed E-state index contributed by atoms with van der Waals surface area (Å²) in [5.41, 5.74) is 6.11. The normalized spacial score (nSPS) is 17.4. The second kappa shape index (κ2) is 16.3. The van der Waals surface area contributed by atoms with Crippen molar-refractivity contribution in [2.75, 3.05) is 13.7 Å². The zero-order valence-electron chi connectivity index (χ0n) is 28.3. The fraction of sp³-hybridized carbons (Fsp3) is 0.227. The topological polar surface area (TPSA) is 46.2 Å². The predicted molar refractivity (Wildman–Crippen MR) is 202 cm³/mol. The summed E-state index contributed by atoms with van der Waals surface area (Å²) in [6.45, 7) is 6.50. The Hall–Kier alpha value is -4.72. The number of thiophene rings is 1. The van der Waals surface area contributed by atoms with E-state index in [4.69, 9.17) is 23.7 Å². The molecular weight excluding hydrogens is 641 g/mol. The first-order valence-electron chi connectivity index (χ1n) is 17.1. The van der Waals surface area contributed by atoms with Gasteiger partial charge in [-0.05, 0) is 45.8 Å². The van der Waals surface area contributed by atoms with Crippen LogP contribution in [0.15, 0.2) is 140 Å². The van der Waals surface area contributed by atoms with Crippen LogP contribution in [0.25, 0.3) is 15.7 Å². The van der Waals surface area contributed by atoms with Crippen molar-refractivity contribution in [2.45, 2.75) is 51.0 Å². The monoisotopic (exact) mass is 682 g/mol. The van der Waals surface area contributed by atoms with Crippen molar-refractivity contribution in [3.8, 4) is 11.5 Å². The fourth-order valence-corrected chi connectivity index (χ4v) is 7.49. The second-order valence-corrected chi connectivity index (χ2v) is 13.7. The molecule has 3 atom stereocenters. The van der Waals surface area contributed by atoms with E-state index in [1.165, 1.54) is 10.1 Å². The molecule has 0 spiro atoms. The van der Waals surface area contributed by atoms with Gasteiger partial charge in [-0.25, -0.2) is 0 Å². The lowest BCUT2D eigenvalue weighted by molar-refractivity contribution is -0.142. The third kappa shape index (κ3) is 8.35. The molecule has 1 aliphatic heterocycles. The quantitative estimate of drug-likeness (QED) is 0.114. The summed E-state index contributed by atoms with van der Waals surface area (Å²) in [6.07, 6.45) is 0.885. The summed E-state index contributed by atoms with van der Waals surface area (Å²) >= 11 is 1.73. The fourth-order valence-electron chi connectivity index (χ4n) is 6.44. The van der Waals surface area contributed by atoms with Gasteiger partial charge in [-0.1, -0.05) is 116 Å². The maximum Gasteiger partial charge on any atom is 0.130 e. The van der Waals surface area contributed by atoms with Gasteiger partial charge in [0.05, 0.1) is 45.2 Å². The Bertz CT molecular complexity index is 1960. The van der Waals surface area contributed by atoms with Crippen molar-refractivity contribution < 1.29 is 23.7 Å². The van der Waals surface area contributed by atoms with E-state index in [9.17, 15) is 0 Å². The van der Waals surface area contributed by atoms with E-state index in [1.807, 2.05) is 60.7 Å². The first-order valence-corrected chi connectivity index (χ1v) is 17.9. The standard InChI is InChI=1S/C44H42O5S/c1-31(44-22-35-20-12-13-21-43(35)50-44)38-25-39(41(26-40(38)45-2)48-29-34-18-10-5-11-19-34)42-24-36(47-28-33-16-8-4-9-17-33)23-37(49-42)30-46-27-32-14-6-3-7-15-32/h3-22,25-26,36-37,42H,1,23-24,27-30H2,2H3/t36-,37-,42+/m0/s1. The highest BCUT2D eigenvalue weighted by molar-refractivity contribution is 7.20. The first-order chi connectivity index (χ1) is 24.6. The van der Waals surface area contributed by atoms with Gasteiger partial charge in [-0.3, -0.25) is 0 Å². The SMILES string of the molecule is C=C(c1cc2ccccc2s1)c1cc([C@H]2C[C@@H](OCc3ccccc3)C[C@@H](COCc3ccccc3)O2)c(OCc2ccccc2)cc1OC. The second-order valence-electron chi connectivity index (χ2n) is 12.6. The zero-order chi connectivity index (χ0) is 34.1. The lowest BCUT2D eigenvalue weighted by Crippen LogP contribution is -2.36. The smallest absolute Gasteiger partial charge is 0.130 e. The average Bonchev–Trinajstić information content (AvgIpc) is 3.61. The van der Waals surface area contributed by atoms with Gasteiger partial charge < -0.3 is 23.7 Å². The van der Waals surface area contributed by atoms with E-state index in [2.05, 4.69) is 79.4 Å². The van der Waals surface area contributed by atoms with Crippen LogP contribution in [0.1, 0.15) is 51.6 Å². The molecule has 1 aliphatic rings.